The van der Waals surface area contributed by atoms with E-state index in [0.717, 1.165) is 16.0 Å². The molecular formula is C17H19N5O4. The highest BCUT2D eigenvalue weighted by Crippen LogP contribution is 2.19. The van der Waals surface area contributed by atoms with Crippen LogP contribution in [0, 0.1) is 0 Å². The van der Waals surface area contributed by atoms with Crippen molar-refractivity contribution < 1.29 is 14.3 Å². The van der Waals surface area contributed by atoms with Gasteiger partial charge in [-0.25, -0.2) is 9.78 Å². The summed E-state index contributed by atoms with van der Waals surface area (Å²) in [6, 6.07) is 7.30. The number of nitrogens with zero attached hydrogens (tertiary/aromatic N) is 3. The smallest absolute Gasteiger partial charge is 0.345 e. The number of H-pyrrole nitrogens is 1. The van der Waals surface area contributed by atoms with Crippen LogP contribution < -0.4 is 15.6 Å². The zero-order chi connectivity index (χ0) is 18.7. The maximum absolute atomic E-state index is 12.4. The van der Waals surface area contributed by atoms with Crippen LogP contribution in [0.5, 0.6) is 5.75 Å². The second-order valence-electron chi connectivity index (χ2n) is 5.72. The maximum Gasteiger partial charge on any atom is 0.345 e. The quantitative estimate of drug-likeness (QED) is 0.650. The van der Waals surface area contributed by atoms with Crippen molar-refractivity contribution in [3.05, 3.63) is 46.4 Å². The van der Waals surface area contributed by atoms with E-state index < -0.39 is 11.5 Å². The van der Waals surface area contributed by atoms with Crippen LogP contribution in [0.2, 0.25) is 0 Å². The van der Waals surface area contributed by atoms with Crippen LogP contribution in [0.3, 0.4) is 0 Å². The van der Waals surface area contributed by atoms with Gasteiger partial charge >= 0.3 is 5.97 Å². The number of carbonyl (C=O) groups excluding carboxylic acids is 1. The van der Waals surface area contributed by atoms with Gasteiger partial charge in [-0.2, -0.15) is 9.50 Å². The minimum absolute atomic E-state index is 0.0933. The molecule has 9 nitrogen and oxygen atoms in total. The van der Waals surface area contributed by atoms with E-state index >= 15 is 0 Å². The Bertz CT molecular complexity index is 975. The monoisotopic (exact) mass is 357 g/mol. The lowest BCUT2D eigenvalue weighted by Crippen LogP contribution is -2.24. The maximum atomic E-state index is 12.4. The van der Waals surface area contributed by atoms with Gasteiger partial charge in [0.25, 0.3) is 11.3 Å². The fourth-order valence-corrected chi connectivity index (χ4v) is 2.29. The summed E-state index contributed by atoms with van der Waals surface area (Å²) in [5.41, 5.74) is 0.0169. The van der Waals surface area contributed by atoms with E-state index in [2.05, 4.69) is 20.4 Å². The summed E-state index contributed by atoms with van der Waals surface area (Å²) in [7, 11) is 0. The molecule has 0 aliphatic carbocycles. The molecule has 26 heavy (non-hydrogen) atoms. The zero-order valence-corrected chi connectivity index (χ0v) is 14.6. The van der Waals surface area contributed by atoms with Crippen molar-refractivity contribution in [2.75, 3.05) is 11.9 Å². The van der Waals surface area contributed by atoms with E-state index in [1.165, 1.54) is 6.20 Å². The van der Waals surface area contributed by atoms with E-state index in [-0.39, 0.29) is 24.1 Å². The molecule has 0 unspecified atom stereocenters. The highest BCUT2D eigenvalue weighted by molar-refractivity contribution is 5.88. The molecule has 3 rings (SSSR count). The number of rotatable bonds is 6. The number of hydrogen-bond donors (Lipinski definition) is 2. The normalized spacial score (nSPS) is 10.9. The van der Waals surface area contributed by atoms with Gasteiger partial charge in [0.1, 0.15) is 11.3 Å². The predicted molar refractivity (Wildman–Crippen MR) is 95.1 cm³/mol. The van der Waals surface area contributed by atoms with E-state index in [4.69, 9.17) is 9.47 Å². The molecule has 2 N–H and O–H groups in total. The third kappa shape index (κ3) is 3.66. The first kappa shape index (κ1) is 17.5. The molecular weight excluding hydrogens is 338 g/mol. The Labute approximate surface area is 149 Å². The molecule has 3 aromatic rings. The SMILES string of the molecule is CCOC(=O)c1cnc2nc(Nc3ccc(OC(C)C)cc3)[nH]n2c1=O. The van der Waals surface area contributed by atoms with Crippen molar-refractivity contribution in [3.63, 3.8) is 0 Å². The minimum Gasteiger partial charge on any atom is -0.491 e. The Morgan fingerprint density at radius 3 is 2.69 bits per heavy atom. The molecule has 0 aliphatic rings. The van der Waals surface area contributed by atoms with Gasteiger partial charge in [-0.3, -0.25) is 9.89 Å². The first-order valence-corrected chi connectivity index (χ1v) is 8.16. The van der Waals surface area contributed by atoms with E-state index in [0.29, 0.717) is 5.95 Å². The molecule has 0 amide bonds. The standard InChI is InChI=1S/C17H19N5O4/c1-4-25-15(24)13-9-18-17-20-16(21-22(17)14(13)23)19-11-5-7-12(8-6-11)26-10(2)3/h5-10H,4H2,1-3H3,(H2,18,19,20,21). The second kappa shape index (κ2) is 7.26. The molecule has 2 heterocycles. The molecule has 9 heteroatoms. The summed E-state index contributed by atoms with van der Waals surface area (Å²) >= 11 is 0. The Morgan fingerprint density at radius 1 is 1.31 bits per heavy atom. The molecule has 0 radical (unpaired) electrons. The van der Waals surface area contributed by atoms with Crippen molar-refractivity contribution in [3.8, 4) is 5.75 Å². The number of ether oxygens (including phenoxy) is 2. The predicted octanol–water partition coefficient (Wildman–Crippen LogP) is 2.13. The summed E-state index contributed by atoms with van der Waals surface area (Å²) in [5, 5.41) is 5.81. The van der Waals surface area contributed by atoms with Crippen LogP contribution in [0.15, 0.2) is 35.3 Å². The molecule has 136 valence electrons. The largest absolute Gasteiger partial charge is 0.491 e. The number of aromatic amines is 1. The lowest BCUT2D eigenvalue weighted by molar-refractivity contribution is 0.0523. The van der Waals surface area contributed by atoms with Gasteiger partial charge in [-0.05, 0) is 45.0 Å². The number of carbonyl (C=O) groups is 1. The van der Waals surface area contributed by atoms with Gasteiger partial charge in [0, 0.05) is 5.69 Å². The number of fused-ring (bicyclic) bond motifs is 1. The Hall–Kier alpha value is -3.36. The molecule has 1 aromatic carbocycles. The van der Waals surface area contributed by atoms with Gasteiger partial charge in [-0.15, -0.1) is 0 Å². The summed E-state index contributed by atoms with van der Waals surface area (Å²) in [6.07, 6.45) is 1.26. The Balaban J connectivity index is 1.84. The van der Waals surface area contributed by atoms with Crippen molar-refractivity contribution in [2.24, 2.45) is 0 Å². The lowest BCUT2D eigenvalue weighted by Gasteiger charge is -2.10. The molecule has 2 aromatic heterocycles. The van der Waals surface area contributed by atoms with Gasteiger partial charge < -0.3 is 14.8 Å². The molecule has 0 saturated heterocycles. The zero-order valence-electron chi connectivity index (χ0n) is 14.6. The van der Waals surface area contributed by atoms with Crippen LogP contribution in [-0.4, -0.2) is 38.3 Å². The minimum atomic E-state index is -0.718. The first-order chi connectivity index (χ1) is 12.5. The second-order valence-corrected chi connectivity index (χ2v) is 5.72. The van der Waals surface area contributed by atoms with Crippen LogP contribution in [-0.2, 0) is 4.74 Å². The van der Waals surface area contributed by atoms with Crippen LogP contribution in [0.25, 0.3) is 5.78 Å². The first-order valence-electron chi connectivity index (χ1n) is 8.16. The van der Waals surface area contributed by atoms with Gasteiger partial charge in [0.05, 0.1) is 18.9 Å². The van der Waals surface area contributed by atoms with Crippen molar-refractivity contribution in [1.29, 1.82) is 0 Å². The Morgan fingerprint density at radius 2 is 2.04 bits per heavy atom. The molecule has 0 spiro atoms. The fraction of sp³-hybridized carbons (Fsp3) is 0.294. The summed E-state index contributed by atoms with van der Waals surface area (Å²) < 4.78 is 11.5. The van der Waals surface area contributed by atoms with E-state index in [9.17, 15) is 9.59 Å². The average Bonchev–Trinajstić information content (AvgIpc) is 3.00. The lowest BCUT2D eigenvalue weighted by atomic mass is 10.3. The average molecular weight is 357 g/mol. The Kier molecular flexibility index (Phi) is 4.87. The highest BCUT2D eigenvalue weighted by atomic mass is 16.5. The van der Waals surface area contributed by atoms with Gasteiger partial charge in [-0.1, -0.05) is 0 Å². The van der Waals surface area contributed by atoms with Crippen LogP contribution in [0.4, 0.5) is 11.6 Å². The highest BCUT2D eigenvalue weighted by Gasteiger charge is 2.16. The summed E-state index contributed by atoms with van der Waals surface area (Å²) in [4.78, 5) is 32.3. The number of nitrogens with one attached hydrogen (secondary N) is 2. The number of anilines is 2. The van der Waals surface area contributed by atoms with Crippen LogP contribution in [0.1, 0.15) is 31.1 Å². The van der Waals surface area contributed by atoms with E-state index in [1.807, 2.05) is 38.1 Å². The molecule has 0 saturated carbocycles. The number of aromatic nitrogens is 4. The molecule has 0 aliphatic heterocycles. The van der Waals surface area contributed by atoms with Crippen LogP contribution >= 0.6 is 0 Å². The summed E-state index contributed by atoms with van der Waals surface area (Å²) in [6.45, 7) is 5.75. The molecule has 0 atom stereocenters. The van der Waals surface area contributed by atoms with Crippen molar-refractivity contribution >= 4 is 23.4 Å². The van der Waals surface area contributed by atoms with Gasteiger partial charge in [0.2, 0.25) is 5.95 Å². The third-order valence-electron chi connectivity index (χ3n) is 3.36. The summed E-state index contributed by atoms with van der Waals surface area (Å²) in [5.74, 6) is 0.495. The van der Waals surface area contributed by atoms with E-state index in [1.54, 1.807) is 6.92 Å². The number of benzene rings is 1. The molecule has 0 bridgehead atoms. The fourth-order valence-electron chi connectivity index (χ4n) is 2.29. The van der Waals surface area contributed by atoms with Crippen molar-refractivity contribution in [1.82, 2.24) is 19.6 Å². The number of hydrogen-bond acceptors (Lipinski definition) is 7. The van der Waals surface area contributed by atoms with Crippen molar-refractivity contribution in [2.45, 2.75) is 26.9 Å². The topological polar surface area (TPSA) is 111 Å². The molecule has 0 fully saturated rings. The third-order valence-corrected chi connectivity index (χ3v) is 3.36. The van der Waals surface area contributed by atoms with Gasteiger partial charge in [0.15, 0.2) is 0 Å². The number of esters is 1.